The molecular weight excluding hydrogens is 328 g/mol. The van der Waals surface area contributed by atoms with Crippen LogP contribution in [0.25, 0.3) is 11.4 Å². The summed E-state index contributed by atoms with van der Waals surface area (Å²) < 4.78 is 32.0. The second kappa shape index (κ2) is 7.21. The normalized spacial score (nSPS) is 12.0. The minimum absolute atomic E-state index is 0.144. The lowest BCUT2D eigenvalue weighted by atomic mass is 10.1. The van der Waals surface area contributed by atoms with E-state index in [4.69, 9.17) is 4.52 Å². The molecule has 0 aliphatic rings. The number of halogens is 2. The fourth-order valence-corrected chi connectivity index (χ4v) is 2.25. The van der Waals surface area contributed by atoms with Crippen LogP contribution in [-0.4, -0.2) is 22.6 Å². The predicted molar refractivity (Wildman–Crippen MR) is 86.8 cm³/mol. The standard InChI is InChI=1S/C18H15F2N3O2/c1-11(10-21-17(24)13-8-5-9-14(19)15(13)20)18-22-16(23-25-18)12-6-3-2-4-7-12/h2-9,11H,10H2,1H3,(H,21,24). The fraction of sp³-hybridized carbons (Fsp3) is 0.167. The van der Waals surface area contributed by atoms with Gasteiger partial charge in [0.05, 0.1) is 11.5 Å². The summed E-state index contributed by atoms with van der Waals surface area (Å²) in [6.45, 7) is 1.93. The number of nitrogens with zero attached hydrogens (tertiary/aromatic N) is 2. The zero-order chi connectivity index (χ0) is 17.8. The molecule has 1 aromatic heterocycles. The van der Waals surface area contributed by atoms with Gasteiger partial charge in [0.2, 0.25) is 11.7 Å². The molecule has 3 aromatic rings. The topological polar surface area (TPSA) is 68.0 Å². The van der Waals surface area contributed by atoms with Gasteiger partial charge in [-0.3, -0.25) is 4.79 Å². The number of carbonyl (C=O) groups excluding carboxylic acids is 1. The summed E-state index contributed by atoms with van der Waals surface area (Å²) in [6.07, 6.45) is 0. The van der Waals surface area contributed by atoms with E-state index in [9.17, 15) is 13.6 Å². The number of carbonyl (C=O) groups is 1. The Bertz CT molecular complexity index is 881. The van der Waals surface area contributed by atoms with Crippen molar-refractivity contribution in [2.24, 2.45) is 0 Å². The van der Waals surface area contributed by atoms with Gasteiger partial charge in [0.1, 0.15) is 0 Å². The molecule has 1 unspecified atom stereocenters. The van der Waals surface area contributed by atoms with Gasteiger partial charge < -0.3 is 9.84 Å². The number of amides is 1. The van der Waals surface area contributed by atoms with E-state index in [0.717, 1.165) is 11.6 Å². The Morgan fingerprint density at radius 1 is 1.16 bits per heavy atom. The van der Waals surface area contributed by atoms with E-state index in [1.54, 1.807) is 6.92 Å². The summed E-state index contributed by atoms with van der Waals surface area (Å²) in [4.78, 5) is 16.3. The predicted octanol–water partition coefficient (Wildman–Crippen LogP) is 3.55. The lowest BCUT2D eigenvalue weighted by Gasteiger charge is -2.09. The van der Waals surface area contributed by atoms with E-state index in [1.165, 1.54) is 12.1 Å². The minimum Gasteiger partial charge on any atom is -0.351 e. The molecule has 0 bridgehead atoms. The molecule has 3 rings (SSSR count). The highest BCUT2D eigenvalue weighted by molar-refractivity contribution is 5.94. The second-order valence-corrected chi connectivity index (χ2v) is 5.53. The molecule has 1 amide bonds. The molecule has 0 fully saturated rings. The molecule has 2 aromatic carbocycles. The van der Waals surface area contributed by atoms with Crippen LogP contribution in [0.1, 0.15) is 29.1 Å². The van der Waals surface area contributed by atoms with Crippen molar-refractivity contribution in [2.45, 2.75) is 12.8 Å². The summed E-state index contributed by atoms with van der Waals surface area (Å²) in [7, 11) is 0. The van der Waals surface area contributed by atoms with E-state index in [1.807, 2.05) is 30.3 Å². The highest BCUT2D eigenvalue weighted by atomic mass is 19.2. The van der Waals surface area contributed by atoms with Gasteiger partial charge in [0, 0.05) is 12.1 Å². The van der Waals surface area contributed by atoms with Crippen LogP contribution in [0.5, 0.6) is 0 Å². The lowest BCUT2D eigenvalue weighted by molar-refractivity contribution is 0.0945. The number of hydrogen-bond acceptors (Lipinski definition) is 4. The Balaban J connectivity index is 1.65. The molecule has 7 heteroatoms. The van der Waals surface area contributed by atoms with Crippen LogP contribution < -0.4 is 5.32 Å². The number of aromatic nitrogens is 2. The Hall–Kier alpha value is -3.09. The lowest BCUT2D eigenvalue weighted by Crippen LogP contribution is -2.28. The number of nitrogens with one attached hydrogen (secondary N) is 1. The third kappa shape index (κ3) is 3.71. The van der Waals surface area contributed by atoms with Crippen molar-refractivity contribution in [1.82, 2.24) is 15.5 Å². The van der Waals surface area contributed by atoms with Crippen LogP contribution in [0.3, 0.4) is 0 Å². The first-order chi connectivity index (χ1) is 12.1. The quantitative estimate of drug-likeness (QED) is 0.769. The molecule has 1 N–H and O–H groups in total. The monoisotopic (exact) mass is 343 g/mol. The van der Waals surface area contributed by atoms with E-state index in [2.05, 4.69) is 15.5 Å². The first-order valence-electron chi connectivity index (χ1n) is 7.67. The van der Waals surface area contributed by atoms with Gasteiger partial charge in [-0.15, -0.1) is 0 Å². The average Bonchev–Trinajstić information content (AvgIpc) is 3.13. The van der Waals surface area contributed by atoms with Gasteiger partial charge >= 0.3 is 0 Å². The molecule has 128 valence electrons. The summed E-state index contributed by atoms with van der Waals surface area (Å²) >= 11 is 0. The maximum absolute atomic E-state index is 13.6. The van der Waals surface area contributed by atoms with E-state index >= 15 is 0 Å². The maximum atomic E-state index is 13.6. The molecule has 1 atom stereocenters. The van der Waals surface area contributed by atoms with Crippen LogP contribution in [0.15, 0.2) is 53.1 Å². The molecule has 25 heavy (non-hydrogen) atoms. The Kier molecular flexibility index (Phi) is 4.83. The highest BCUT2D eigenvalue weighted by Crippen LogP contribution is 2.19. The van der Waals surface area contributed by atoms with Gasteiger partial charge in [0.15, 0.2) is 11.6 Å². The van der Waals surface area contributed by atoms with Gasteiger partial charge in [0.25, 0.3) is 5.91 Å². The third-order valence-electron chi connectivity index (χ3n) is 3.66. The number of hydrogen-bond donors (Lipinski definition) is 1. The zero-order valence-corrected chi connectivity index (χ0v) is 13.4. The molecule has 5 nitrogen and oxygen atoms in total. The summed E-state index contributed by atoms with van der Waals surface area (Å²) in [5.41, 5.74) is 0.471. The van der Waals surface area contributed by atoms with Crippen molar-refractivity contribution in [3.05, 3.63) is 71.6 Å². The summed E-state index contributed by atoms with van der Waals surface area (Å²) in [5, 5.41) is 6.45. The molecule has 0 spiro atoms. The van der Waals surface area contributed by atoms with Gasteiger partial charge in [-0.1, -0.05) is 48.5 Å². The first-order valence-corrected chi connectivity index (χ1v) is 7.67. The molecule has 0 aliphatic carbocycles. The van der Waals surface area contributed by atoms with Gasteiger partial charge in [-0.2, -0.15) is 4.98 Å². The van der Waals surface area contributed by atoms with Crippen LogP contribution in [0.4, 0.5) is 8.78 Å². The Labute approximate surface area is 142 Å². The number of benzene rings is 2. The molecular formula is C18H15F2N3O2. The Morgan fingerprint density at radius 2 is 1.92 bits per heavy atom. The van der Waals surface area contributed by atoms with E-state index in [0.29, 0.717) is 11.7 Å². The van der Waals surface area contributed by atoms with Crippen molar-refractivity contribution in [3.8, 4) is 11.4 Å². The van der Waals surface area contributed by atoms with Gasteiger partial charge in [-0.05, 0) is 12.1 Å². The SMILES string of the molecule is CC(CNC(=O)c1cccc(F)c1F)c1nc(-c2ccccc2)no1. The smallest absolute Gasteiger partial charge is 0.254 e. The molecule has 0 aliphatic heterocycles. The zero-order valence-electron chi connectivity index (χ0n) is 13.4. The van der Waals surface area contributed by atoms with Crippen molar-refractivity contribution in [1.29, 1.82) is 0 Å². The maximum Gasteiger partial charge on any atom is 0.254 e. The van der Waals surface area contributed by atoms with Crippen molar-refractivity contribution < 1.29 is 18.1 Å². The minimum atomic E-state index is -1.17. The number of rotatable bonds is 5. The molecule has 0 radical (unpaired) electrons. The third-order valence-corrected chi connectivity index (χ3v) is 3.66. The second-order valence-electron chi connectivity index (χ2n) is 5.53. The molecule has 0 saturated heterocycles. The molecule has 1 heterocycles. The Morgan fingerprint density at radius 3 is 2.68 bits per heavy atom. The van der Waals surface area contributed by atoms with Gasteiger partial charge in [-0.25, -0.2) is 8.78 Å². The van der Waals surface area contributed by atoms with E-state index in [-0.39, 0.29) is 18.0 Å². The van der Waals surface area contributed by atoms with Crippen LogP contribution >= 0.6 is 0 Å². The molecule has 0 saturated carbocycles. The highest BCUT2D eigenvalue weighted by Gasteiger charge is 2.19. The van der Waals surface area contributed by atoms with E-state index < -0.39 is 17.5 Å². The van der Waals surface area contributed by atoms with Crippen molar-refractivity contribution >= 4 is 5.91 Å². The van der Waals surface area contributed by atoms with Crippen LogP contribution in [0.2, 0.25) is 0 Å². The largest absolute Gasteiger partial charge is 0.351 e. The summed E-state index contributed by atoms with van der Waals surface area (Å²) in [6, 6.07) is 12.8. The average molecular weight is 343 g/mol. The first kappa shape index (κ1) is 16.8. The van der Waals surface area contributed by atoms with Crippen molar-refractivity contribution in [3.63, 3.8) is 0 Å². The fourth-order valence-electron chi connectivity index (χ4n) is 2.25. The van der Waals surface area contributed by atoms with Crippen molar-refractivity contribution in [2.75, 3.05) is 6.54 Å². The summed E-state index contributed by atoms with van der Waals surface area (Å²) in [5.74, 6) is -2.43. The van der Waals surface area contributed by atoms with Crippen LogP contribution in [0, 0.1) is 11.6 Å². The van der Waals surface area contributed by atoms with Crippen LogP contribution in [-0.2, 0) is 0 Å².